The van der Waals surface area contributed by atoms with Crippen molar-refractivity contribution in [2.24, 2.45) is 10.4 Å². The van der Waals surface area contributed by atoms with Gasteiger partial charge in [-0.1, -0.05) is 75.4 Å². The van der Waals surface area contributed by atoms with E-state index in [-0.39, 0.29) is 5.41 Å². The predicted molar refractivity (Wildman–Crippen MR) is 88.4 cm³/mol. The zero-order chi connectivity index (χ0) is 14.6. The second-order valence-electron chi connectivity index (χ2n) is 6.32. The molecule has 0 aliphatic heterocycles. The Hall–Kier alpha value is -1.89. The SMILES string of the molecule is CN=C(CC(C)(C)C)c1ccccc1-c1ccccc1. The van der Waals surface area contributed by atoms with E-state index in [2.05, 4.69) is 80.4 Å². The fourth-order valence-electron chi connectivity index (χ4n) is 2.40. The van der Waals surface area contributed by atoms with E-state index in [1.54, 1.807) is 0 Å². The normalized spacial score (nSPS) is 12.5. The average Bonchev–Trinajstić information content (AvgIpc) is 2.45. The van der Waals surface area contributed by atoms with Crippen LogP contribution >= 0.6 is 0 Å². The van der Waals surface area contributed by atoms with Crippen LogP contribution in [0, 0.1) is 5.41 Å². The van der Waals surface area contributed by atoms with Crippen LogP contribution in [0.3, 0.4) is 0 Å². The first kappa shape index (κ1) is 14.5. The molecule has 0 bridgehead atoms. The summed E-state index contributed by atoms with van der Waals surface area (Å²) in [5.74, 6) is 0. The fraction of sp³-hybridized carbons (Fsp3) is 0.316. The summed E-state index contributed by atoms with van der Waals surface area (Å²) >= 11 is 0. The summed E-state index contributed by atoms with van der Waals surface area (Å²) in [4.78, 5) is 4.55. The summed E-state index contributed by atoms with van der Waals surface area (Å²) in [5.41, 5.74) is 5.17. The lowest BCUT2D eigenvalue weighted by molar-refractivity contribution is 0.434. The molecule has 2 aromatic rings. The standard InChI is InChI=1S/C19H23N/c1-19(2,3)14-18(20-4)17-13-9-8-12-16(17)15-10-6-5-7-11-15/h5-13H,14H2,1-4H3. The van der Waals surface area contributed by atoms with Crippen LogP contribution in [0.5, 0.6) is 0 Å². The van der Waals surface area contributed by atoms with Gasteiger partial charge in [0.05, 0.1) is 0 Å². The Labute approximate surface area is 122 Å². The summed E-state index contributed by atoms with van der Waals surface area (Å²) < 4.78 is 0. The van der Waals surface area contributed by atoms with Gasteiger partial charge in [0, 0.05) is 18.3 Å². The quantitative estimate of drug-likeness (QED) is 0.676. The van der Waals surface area contributed by atoms with Gasteiger partial charge in [-0.05, 0) is 23.0 Å². The molecule has 0 aromatic heterocycles. The Kier molecular flexibility index (Phi) is 4.39. The average molecular weight is 265 g/mol. The molecule has 104 valence electrons. The minimum absolute atomic E-state index is 0.235. The molecule has 0 heterocycles. The molecule has 20 heavy (non-hydrogen) atoms. The van der Waals surface area contributed by atoms with Crippen molar-refractivity contribution < 1.29 is 0 Å². The number of aliphatic imine (C=N–C) groups is 1. The van der Waals surface area contributed by atoms with Crippen LogP contribution in [0.4, 0.5) is 0 Å². The van der Waals surface area contributed by atoms with E-state index in [9.17, 15) is 0 Å². The Morgan fingerprint density at radius 2 is 1.50 bits per heavy atom. The highest BCUT2D eigenvalue weighted by Crippen LogP contribution is 2.28. The van der Waals surface area contributed by atoms with Gasteiger partial charge >= 0.3 is 0 Å². The van der Waals surface area contributed by atoms with Crippen LogP contribution in [-0.4, -0.2) is 12.8 Å². The van der Waals surface area contributed by atoms with Crippen LogP contribution in [-0.2, 0) is 0 Å². The van der Waals surface area contributed by atoms with Crippen LogP contribution in [0.15, 0.2) is 59.6 Å². The monoisotopic (exact) mass is 265 g/mol. The highest BCUT2D eigenvalue weighted by Gasteiger charge is 2.17. The Balaban J connectivity index is 2.47. The Morgan fingerprint density at radius 1 is 0.900 bits per heavy atom. The molecule has 0 amide bonds. The third-order valence-electron chi connectivity index (χ3n) is 3.29. The summed E-state index contributed by atoms with van der Waals surface area (Å²) in [6.07, 6.45) is 0.980. The second kappa shape index (κ2) is 6.04. The zero-order valence-corrected chi connectivity index (χ0v) is 12.9. The maximum absolute atomic E-state index is 4.55. The number of nitrogens with zero attached hydrogens (tertiary/aromatic N) is 1. The van der Waals surface area contributed by atoms with Crippen molar-refractivity contribution in [1.82, 2.24) is 0 Å². The van der Waals surface area contributed by atoms with Gasteiger partial charge in [0.1, 0.15) is 0 Å². The minimum atomic E-state index is 0.235. The van der Waals surface area contributed by atoms with Gasteiger partial charge in [-0.2, -0.15) is 0 Å². The van der Waals surface area contributed by atoms with Crippen LogP contribution in [0.1, 0.15) is 32.8 Å². The number of rotatable bonds is 3. The highest BCUT2D eigenvalue weighted by molar-refractivity contribution is 6.06. The van der Waals surface area contributed by atoms with E-state index >= 15 is 0 Å². The van der Waals surface area contributed by atoms with E-state index in [0.717, 1.165) is 6.42 Å². The first-order chi connectivity index (χ1) is 9.51. The van der Waals surface area contributed by atoms with Gasteiger partial charge < -0.3 is 0 Å². The fourth-order valence-corrected chi connectivity index (χ4v) is 2.40. The summed E-state index contributed by atoms with van der Waals surface area (Å²) in [6, 6.07) is 19.1. The minimum Gasteiger partial charge on any atom is -0.292 e. The predicted octanol–water partition coefficient (Wildman–Crippen LogP) is 5.21. The zero-order valence-electron chi connectivity index (χ0n) is 12.9. The Morgan fingerprint density at radius 3 is 2.10 bits per heavy atom. The smallest absolute Gasteiger partial charge is 0.0428 e. The van der Waals surface area contributed by atoms with Crippen molar-refractivity contribution >= 4 is 5.71 Å². The molecule has 0 spiro atoms. The van der Waals surface area contributed by atoms with Crippen LogP contribution in [0.2, 0.25) is 0 Å². The topological polar surface area (TPSA) is 12.4 Å². The molecule has 1 heteroatoms. The second-order valence-corrected chi connectivity index (χ2v) is 6.32. The van der Waals surface area contributed by atoms with Crippen molar-refractivity contribution in [3.05, 3.63) is 60.2 Å². The number of benzene rings is 2. The summed E-state index contributed by atoms with van der Waals surface area (Å²) in [6.45, 7) is 6.76. The van der Waals surface area contributed by atoms with Gasteiger partial charge in [-0.15, -0.1) is 0 Å². The lowest BCUT2D eigenvalue weighted by atomic mass is 9.85. The molecular weight excluding hydrogens is 242 g/mol. The van der Waals surface area contributed by atoms with Crippen molar-refractivity contribution in [3.8, 4) is 11.1 Å². The van der Waals surface area contributed by atoms with Gasteiger partial charge in [-0.25, -0.2) is 0 Å². The van der Waals surface area contributed by atoms with E-state index in [4.69, 9.17) is 0 Å². The van der Waals surface area contributed by atoms with E-state index in [0.29, 0.717) is 0 Å². The lowest BCUT2D eigenvalue weighted by Crippen LogP contribution is -2.14. The molecule has 0 aliphatic rings. The van der Waals surface area contributed by atoms with E-state index in [1.807, 2.05) is 7.05 Å². The van der Waals surface area contributed by atoms with Crippen molar-refractivity contribution in [2.45, 2.75) is 27.2 Å². The number of hydrogen-bond acceptors (Lipinski definition) is 1. The van der Waals surface area contributed by atoms with Crippen LogP contribution < -0.4 is 0 Å². The molecule has 0 aliphatic carbocycles. The lowest BCUT2D eigenvalue weighted by Gasteiger charge is -2.21. The van der Waals surface area contributed by atoms with E-state index in [1.165, 1.54) is 22.4 Å². The maximum atomic E-state index is 4.55. The van der Waals surface area contributed by atoms with Crippen molar-refractivity contribution in [3.63, 3.8) is 0 Å². The van der Waals surface area contributed by atoms with Crippen LogP contribution in [0.25, 0.3) is 11.1 Å². The molecule has 1 nitrogen and oxygen atoms in total. The number of hydrogen-bond donors (Lipinski definition) is 0. The van der Waals surface area contributed by atoms with Gasteiger partial charge in [0.25, 0.3) is 0 Å². The third-order valence-corrected chi connectivity index (χ3v) is 3.29. The molecule has 2 aromatic carbocycles. The summed E-state index contributed by atoms with van der Waals surface area (Å²) in [7, 11) is 1.89. The third kappa shape index (κ3) is 3.57. The molecule has 0 fully saturated rings. The van der Waals surface area contributed by atoms with Crippen molar-refractivity contribution in [1.29, 1.82) is 0 Å². The molecule has 0 atom stereocenters. The first-order valence-corrected chi connectivity index (χ1v) is 7.12. The molecule has 0 saturated heterocycles. The molecule has 0 N–H and O–H groups in total. The molecule has 2 rings (SSSR count). The summed E-state index contributed by atoms with van der Waals surface area (Å²) in [5, 5.41) is 0. The molecule has 0 unspecified atom stereocenters. The Bertz CT molecular complexity index is 589. The highest BCUT2D eigenvalue weighted by atomic mass is 14.7. The molecule has 0 saturated carbocycles. The molecule has 0 radical (unpaired) electrons. The van der Waals surface area contributed by atoms with E-state index < -0.39 is 0 Å². The first-order valence-electron chi connectivity index (χ1n) is 7.12. The largest absolute Gasteiger partial charge is 0.292 e. The van der Waals surface area contributed by atoms with Crippen molar-refractivity contribution in [2.75, 3.05) is 7.05 Å². The molecular formula is C19H23N. The maximum Gasteiger partial charge on any atom is 0.0428 e. The van der Waals surface area contributed by atoms with Gasteiger partial charge in [0.2, 0.25) is 0 Å². The van der Waals surface area contributed by atoms with Gasteiger partial charge in [0.15, 0.2) is 0 Å². The van der Waals surface area contributed by atoms with Gasteiger partial charge in [-0.3, -0.25) is 4.99 Å².